The summed E-state index contributed by atoms with van der Waals surface area (Å²) in [4.78, 5) is 32.0. The van der Waals surface area contributed by atoms with Crippen molar-refractivity contribution in [3.63, 3.8) is 0 Å². The van der Waals surface area contributed by atoms with Gasteiger partial charge in [0, 0.05) is 24.9 Å². The van der Waals surface area contributed by atoms with E-state index < -0.39 is 17.7 Å². The molecule has 2 saturated heterocycles. The Morgan fingerprint density at radius 2 is 2.09 bits per heavy atom. The molecule has 4 rings (SSSR count). The highest BCUT2D eigenvalue weighted by Gasteiger charge is 2.47. The summed E-state index contributed by atoms with van der Waals surface area (Å²) in [5, 5.41) is 11.2. The predicted octanol–water partition coefficient (Wildman–Crippen LogP) is 4.03. The largest absolute Gasteiger partial charge is 0.507 e. The summed E-state index contributed by atoms with van der Waals surface area (Å²) in [7, 11) is 0. The third-order valence-electron chi connectivity index (χ3n) is 5.95. The monoisotopic (exact) mass is 450 g/mol. The number of ether oxygens (including phenoxy) is 2. The Kier molecular flexibility index (Phi) is 6.79. The van der Waals surface area contributed by atoms with E-state index in [1.54, 1.807) is 42.6 Å². The third-order valence-corrected chi connectivity index (χ3v) is 5.95. The van der Waals surface area contributed by atoms with E-state index in [-0.39, 0.29) is 24.0 Å². The number of aliphatic hydroxyl groups excluding tert-OH is 1. The number of nitrogens with zero attached hydrogens (tertiary/aromatic N) is 2. The van der Waals surface area contributed by atoms with Gasteiger partial charge in [0.05, 0.1) is 24.0 Å². The summed E-state index contributed by atoms with van der Waals surface area (Å²) in [6.45, 7) is 7.54. The molecule has 0 aliphatic carbocycles. The first-order valence-electron chi connectivity index (χ1n) is 11.4. The molecule has 1 aromatic carbocycles. The molecule has 7 heteroatoms. The minimum atomic E-state index is -0.771. The highest BCUT2D eigenvalue weighted by atomic mass is 16.5. The first-order chi connectivity index (χ1) is 15.9. The number of carbonyl (C=O) groups excluding carboxylic acids is 2. The maximum Gasteiger partial charge on any atom is 0.295 e. The van der Waals surface area contributed by atoms with E-state index >= 15 is 0 Å². The average Bonchev–Trinajstić information content (AvgIpc) is 3.40. The van der Waals surface area contributed by atoms with Crippen molar-refractivity contribution in [2.24, 2.45) is 5.92 Å². The summed E-state index contributed by atoms with van der Waals surface area (Å²) in [5.74, 6) is -0.455. The molecule has 2 unspecified atom stereocenters. The van der Waals surface area contributed by atoms with E-state index in [1.165, 1.54) is 4.90 Å². The SMILES string of the molecule is Cc1cc(/C(O)=C2/C(=O)C(=O)N(CC3CCCO3)C2c2ccccn2)ccc1OCC(C)C. The van der Waals surface area contributed by atoms with Gasteiger partial charge in [-0.15, -0.1) is 0 Å². The number of hydrogen-bond donors (Lipinski definition) is 1. The molecule has 2 fully saturated rings. The van der Waals surface area contributed by atoms with Crippen molar-refractivity contribution in [2.45, 2.75) is 45.8 Å². The van der Waals surface area contributed by atoms with Gasteiger partial charge in [-0.1, -0.05) is 19.9 Å². The molecule has 3 heterocycles. The molecule has 7 nitrogen and oxygen atoms in total. The number of hydrogen-bond acceptors (Lipinski definition) is 6. The summed E-state index contributed by atoms with van der Waals surface area (Å²) < 4.78 is 11.5. The molecule has 2 atom stereocenters. The van der Waals surface area contributed by atoms with Crippen LogP contribution in [0.2, 0.25) is 0 Å². The molecular formula is C26H30N2O5. The Morgan fingerprint density at radius 1 is 1.27 bits per heavy atom. The van der Waals surface area contributed by atoms with Crippen LogP contribution in [0.4, 0.5) is 0 Å². The standard InChI is InChI=1S/C26H30N2O5/c1-16(2)15-33-21-10-9-18(13-17(21)3)24(29)22-23(20-8-4-5-11-27-20)28(26(31)25(22)30)14-19-7-6-12-32-19/h4-5,8-11,13,16,19,23,29H,6-7,12,14-15H2,1-3H3/b24-22-. The molecule has 0 radical (unpaired) electrons. The van der Waals surface area contributed by atoms with E-state index in [9.17, 15) is 14.7 Å². The maximum atomic E-state index is 13.1. The number of aryl methyl sites for hydroxylation is 1. The van der Waals surface area contributed by atoms with Gasteiger partial charge < -0.3 is 19.5 Å². The lowest BCUT2D eigenvalue weighted by molar-refractivity contribution is -0.140. The molecule has 2 aliphatic rings. The molecule has 2 aliphatic heterocycles. The second-order valence-electron chi connectivity index (χ2n) is 9.03. The van der Waals surface area contributed by atoms with Crippen molar-refractivity contribution in [1.29, 1.82) is 0 Å². The molecule has 0 bridgehead atoms. The molecule has 1 N–H and O–H groups in total. The Hall–Kier alpha value is -3.19. The highest BCUT2D eigenvalue weighted by molar-refractivity contribution is 6.46. The van der Waals surface area contributed by atoms with Crippen LogP contribution in [0.5, 0.6) is 5.75 Å². The Labute approximate surface area is 194 Å². The zero-order chi connectivity index (χ0) is 23.5. The average molecular weight is 451 g/mol. The lowest BCUT2D eigenvalue weighted by Gasteiger charge is -2.26. The van der Waals surface area contributed by atoms with Crippen LogP contribution in [-0.2, 0) is 14.3 Å². The minimum absolute atomic E-state index is 0.0481. The van der Waals surface area contributed by atoms with Gasteiger partial charge in [-0.05, 0) is 61.6 Å². The van der Waals surface area contributed by atoms with Crippen LogP contribution >= 0.6 is 0 Å². The number of carbonyl (C=O) groups is 2. The molecule has 2 aromatic rings. The zero-order valence-electron chi connectivity index (χ0n) is 19.3. The van der Waals surface area contributed by atoms with Crippen LogP contribution in [-0.4, -0.2) is 52.5 Å². The van der Waals surface area contributed by atoms with Gasteiger partial charge in [0.15, 0.2) is 0 Å². The minimum Gasteiger partial charge on any atom is -0.507 e. The first kappa shape index (κ1) is 23.0. The van der Waals surface area contributed by atoms with E-state index in [2.05, 4.69) is 18.8 Å². The lowest BCUT2D eigenvalue weighted by atomic mass is 9.97. The summed E-state index contributed by atoms with van der Waals surface area (Å²) in [6.07, 6.45) is 3.24. The van der Waals surface area contributed by atoms with E-state index in [4.69, 9.17) is 9.47 Å². The van der Waals surface area contributed by atoms with Crippen molar-refractivity contribution in [3.05, 3.63) is 65.0 Å². The quantitative estimate of drug-likeness (QED) is 0.389. The fourth-order valence-electron chi connectivity index (χ4n) is 4.29. The first-order valence-corrected chi connectivity index (χ1v) is 11.4. The normalized spacial score (nSPS) is 22.4. The molecule has 1 amide bonds. The number of pyridine rings is 1. The third kappa shape index (κ3) is 4.78. The Bertz CT molecular complexity index is 1060. The van der Waals surface area contributed by atoms with Gasteiger partial charge >= 0.3 is 0 Å². The van der Waals surface area contributed by atoms with Crippen molar-refractivity contribution >= 4 is 17.4 Å². The van der Waals surface area contributed by atoms with Crippen LogP contribution in [0.1, 0.15) is 49.6 Å². The Morgan fingerprint density at radius 3 is 2.73 bits per heavy atom. The van der Waals surface area contributed by atoms with Crippen LogP contribution in [0.3, 0.4) is 0 Å². The van der Waals surface area contributed by atoms with Crippen LogP contribution in [0.25, 0.3) is 5.76 Å². The number of aromatic nitrogens is 1. The summed E-state index contributed by atoms with van der Waals surface area (Å²) >= 11 is 0. The fourth-order valence-corrected chi connectivity index (χ4v) is 4.29. The van der Waals surface area contributed by atoms with Crippen molar-refractivity contribution in [1.82, 2.24) is 9.88 Å². The molecular weight excluding hydrogens is 420 g/mol. The van der Waals surface area contributed by atoms with Gasteiger partial charge in [-0.2, -0.15) is 0 Å². The van der Waals surface area contributed by atoms with Gasteiger partial charge in [0.2, 0.25) is 0 Å². The van der Waals surface area contributed by atoms with Crippen molar-refractivity contribution in [3.8, 4) is 5.75 Å². The number of amides is 1. The molecule has 33 heavy (non-hydrogen) atoms. The van der Waals surface area contributed by atoms with E-state index in [0.717, 1.165) is 24.2 Å². The van der Waals surface area contributed by atoms with Crippen molar-refractivity contribution in [2.75, 3.05) is 19.8 Å². The second kappa shape index (κ2) is 9.75. The van der Waals surface area contributed by atoms with Gasteiger partial charge in [0.25, 0.3) is 11.7 Å². The molecule has 0 spiro atoms. The zero-order valence-corrected chi connectivity index (χ0v) is 19.3. The maximum absolute atomic E-state index is 13.1. The van der Waals surface area contributed by atoms with Crippen LogP contribution in [0, 0.1) is 12.8 Å². The molecule has 1 aromatic heterocycles. The summed E-state index contributed by atoms with van der Waals surface area (Å²) in [5.41, 5.74) is 1.87. The lowest BCUT2D eigenvalue weighted by Crippen LogP contribution is -2.36. The highest BCUT2D eigenvalue weighted by Crippen LogP contribution is 2.39. The second-order valence-corrected chi connectivity index (χ2v) is 9.03. The summed E-state index contributed by atoms with van der Waals surface area (Å²) in [6, 6.07) is 9.84. The van der Waals surface area contributed by atoms with Crippen molar-refractivity contribution < 1.29 is 24.2 Å². The van der Waals surface area contributed by atoms with E-state index in [1.807, 2.05) is 6.92 Å². The molecule has 0 saturated carbocycles. The number of aliphatic hydroxyl groups is 1. The van der Waals surface area contributed by atoms with Gasteiger partial charge in [-0.3, -0.25) is 14.6 Å². The number of benzene rings is 1. The smallest absolute Gasteiger partial charge is 0.295 e. The number of Topliss-reactive ketones (excluding diaryl/α,β-unsaturated/α-hetero) is 1. The van der Waals surface area contributed by atoms with Crippen LogP contribution < -0.4 is 4.74 Å². The van der Waals surface area contributed by atoms with Gasteiger partial charge in [0.1, 0.15) is 17.6 Å². The predicted molar refractivity (Wildman–Crippen MR) is 124 cm³/mol. The van der Waals surface area contributed by atoms with Crippen LogP contribution in [0.15, 0.2) is 48.2 Å². The number of rotatable bonds is 7. The van der Waals surface area contributed by atoms with E-state index in [0.29, 0.717) is 30.4 Å². The van der Waals surface area contributed by atoms with Gasteiger partial charge in [-0.25, -0.2) is 0 Å². The Balaban J connectivity index is 1.73. The fraction of sp³-hybridized carbons (Fsp3) is 0.423. The number of likely N-dealkylation sites (tertiary alicyclic amines) is 1. The topological polar surface area (TPSA) is 89.0 Å². The molecule has 174 valence electrons. The number of ketones is 1.